The Bertz CT molecular complexity index is 464. The topological polar surface area (TPSA) is 60.4 Å². The van der Waals surface area contributed by atoms with Gasteiger partial charge in [-0.25, -0.2) is 0 Å². The van der Waals surface area contributed by atoms with E-state index in [1.807, 2.05) is 19.9 Å². The molecule has 1 heterocycles. The molecular weight excluding hydrogens is 298 g/mol. The normalized spacial score (nSPS) is 23.3. The van der Waals surface area contributed by atoms with E-state index in [2.05, 4.69) is 4.90 Å². The molecule has 2 rings (SSSR count). The van der Waals surface area contributed by atoms with Crippen LogP contribution in [0.2, 0.25) is 0 Å². The van der Waals surface area contributed by atoms with Gasteiger partial charge in [0.2, 0.25) is 5.75 Å². The highest BCUT2D eigenvalue weighted by atomic mass is 16.5. The minimum atomic E-state index is -0.595. The lowest BCUT2D eigenvalue weighted by molar-refractivity contribution is -0.0787. The molecule has 0 radical (unpaired) electrons. The minimum Gasteiger partial charge on any atom is -0.493 e. The van der Waals surface area contributed by atoms with Crippen LogP contribution in [0.1, 0.15) is 13.8 Å². The van der Waals surface area contributed by atoms with E-state index in [0.29, 0.717) is 23.8 Å². The number of hydrogen-bond donors (Lipinski definition) is 1. The average molecular weight is 325 g/mol. The van der Waals surface area contributed by atoms with E-state index in [4.69, 9.17) is 18.9 Å². The Labute approximate surface area is 137 Å². The van der Waals surface area contributed by atoms with Crippen LogP contribution in [0.5, 0.6) is 17.2 Å². The van der Waals surface area contributed by atoms with Crippen LogP contribution in [0.25, 0.3) is 0 Å². The zero-order valence-electron chi connectivity index (χ0n) is 14.3. The summed E-state index contributed by atoms with van der Waals surface area (Å²) in [5.41, 5.74) is 0. The summed E-state index contributed by atoms with van der Waals surface area (Å²) >= 11 is 0. The molecule has 1 aromatic rings. The molecule has 0 spiro atoms. The first-order valence-corrected chi connectivity index (χ1v) is 7.93. The maximum Gasteiger partial charge on any atom is 0.203 e. The lowest BCUT2D eigenvalue weighted by Crippen LogP contribution is -2.48. The van der Waals surface area contributed by atoms with Crippen LogP contribution in [0.3, 0.4) is 0 Å². The van der Waals surface area contributed by atoms with Crippen molar-refractivity contribution in [3.63, 3.8) is 0 Å². The van der Waals surface area contributed by atoms with Gasteiger partial charge in [-0.2, -0.15) is 0 Å². The number of β-amino-alcohol motifs (C(OH)–C–C–N with tert-alkyl or cyclic N) is 1. The fourth-order valence-electron chi connectivity index (χ4n) is 2.92. The van der Waals surface area contributed by atoms with E-state index in [0.717, 1.165) is 13.1 Å². The summed E-state index contributed by atoms with van der Waals surface area (Å²) in [6, 6.07) is 5.43. The van der Waals surface area contributed by atoms with Gasteiger partial charge < -0.3 is 24.1 Å². The minimum absolute atomic E-state index is 0.177. The number of rotatable bonds is 7. The molecule has 1 saturated heterocycles. The summed E-state index contributed by atoms with van der Waals surface area (Å²) < 4.78 is 22.0. The third kappa shape index (κ3) is 4.99. The van der Waals surface area contributed by atoms with Crippen LogP contribution in [0.4, 0.5) is 0 Å². The molecule has 0 aromatic heterocycles. The van der Waals surface area contributed by atoms with Gasteiger partial charge in [0.05, 0.1) is 26.4 Å². The predicted molar refractivity (Wildman–Crippen MR) is 87.5 cm³/mol. The Morgan fingerprint density at radius 1 is 1.17 bits per heavy atom. The molecule has 130 valence electrons. The van der Waals surface area contributed by atoms with Crippen LogP contribution in [0, 0.1) is 0 Å². The standard InChI is InChI=1S/C17H27NO5/c1-12-8-18(9-13(2)23-12)10-14(19)11-22-17-15(20-3)6-5-7-16(17)21-4/h5-7,12-14,19H,8-11H2,1-4H3/t12-,13+,14-/m0/s1. The quantitative estimate of drug-likeness (QED) is 0.821. The number of benzene rings is 1. The highest BCUT2D eigenvalue weighted by Crippen LogP contribution is 2.36. The summed E-state index contributed by atoms with van der Waals surface area (Å²) in [6.07, 6.45) is -0.232. The Kier molecular flexibility index (Phi) is 6.50. The fraction of sp³-hybridized carbons (Fsp3) is 0.647. The van der Waals surface area contributed by atoms with E-state index in [1.54, 1.807) is 26.4 Å². The van der Waals surface area contributed by atoms with E-state index < -0.39 is 6.10 Å². The average Bonchev–Trinajstić information content (AvgIpc) is 2.51. The van der Waals surface area contributed by atoms with Gasteiger partial charge >= 0.3 is 0 Å². The number of aliphatic hydroxyl groups is 1. The van der Waals surface area contributed by atoms with Gasteiger partial charge in [-0.15, -0.1) is 0 Å². The van der Waals surface area contributed by atoms with Crippen molar-refractivity contribution in [2.75, 3.05) is 40.5 Å². The summed E-state index contributed by atoms with van der Waals surface area (Å²) in [6.45, 7) is 6.46. The fourth-order valence-corrected chi connectivity index (χ4v) is 2.92. The molecule has 1 fully saturated rings. The van der Waals surface area contributed by atoms with Crippen LogP contribution in [-0.4, -0.2) is 68.8 Å². The highest BCUT2D eigenvalue weighted by Gasteiger charge is 2.24. The largest absolute Gasteiger partial charge is 0.493 e. The number of nitrogens with zero attached hydrogens (tertiary/aromatic N) is 1. The number of morpholine rings is 1. The Hall–Kier alpha value is -1.50. The van der Waals surface area contributed by atoms with Gasteiger partial charge in [0.1, 0.15) is 12.7 Å². The molecule has 1 aliphatic rings. The van der Waals surface area contributed by atoms with Crippen molar-refractivity contribution in [2.24, 2.45) is 0 Å². The third-order valence-corrected chi connectivity index (χ3v) is 3.77. The molecule has 0 unspecified atom stereocenters. The summed E-state index contributed by atoms with van der Waals surface area (Å²) in [7, 11) is 3.16. The molecule has 6 nitrogen and oxygen atoms in total. The number of hydrogen-bond acceptors (Lipinski definition) is 6. The molecule has 0 aliphatic carbocycles. The zero-order valence-corrected chi connectivity index (χ0v) is 14.3. The van der Waals surface area contributed by atoms with Gasteiger partial charge in [-0.1, -0.05) is 6.07 Å². The molecule has 1 aromatic carbocycles. The first-order valence-electron chi connectivity index (χ1n) is 7.93. The summed E-state index contributed by atoms with van der Waals surface area (Å²) in [5, 5.41) is 10.3. The molecule has 23 heavy (non-hydrogen) atoms. The number of methoxy groups -OCH3 is 2. The highest BCUT2D eigenvalue weighted by molar-refractivity contribution is 5.51. The molecule has 0 saturated carbocycles. The van der Waals surface area contributed by atoms with E-state index in [-0.39, 0.29) is 18.8 Å². The molecule has 3 atom stereocenters. The molecule has 6 heteroatoms. The monoisotopic (exact) mass is 325 g/mol. The number of aliphatic hydroxyl groups excluding tert-OH is 1. The smallest absolute Gasteiger partial charge is 0.203 e. The number of ether oxygens (including phenoxy) is 4. The second-order valence-corrected chi connectivity index (χ2v) is 5.93. The van der Waals surface area contributed by atoms with Crippen molar-refractivity contribution in [3.05, 3.63) is 18.2 Å². The van der Waals surface area contributed by atoms with Crippen LogP contribution in [-0.2, 0) is 4.74 Å². The van der Waals surface area contributed by atoms with E-state index >= 15 is 0 Å². The maximum atomic E-state index is 10.3. The molecule has 0 bridgehead atoms. The first-order chi connectivity index (χ1) is 11.0. The Balaban J connectivity index is 1.90. The van der Waals surface area contributed by atoms with Gasteiger partial charge in [-0.3, -0.25) is 4.90 Å². The van der Waals surface area contributed by atoms with Crippen molar-refractivity contribution in [1.82, 2.24) is 4.90 Å². The lowest BCUT2D eigenvalue weighted by Gasteiger charge is -2.36. The van der Waals surface area contributed by atoms with E-state index in [1.165, 1.54) is 0 Å². The number of para-hydroxylation sites is 1. The zero-order chi connectivity index (χ0) is 16.8. The van der Waals surface area contributed by atoms with Crippen LogP contribution in [0.15, 0.2) is 18.2 Å². The van der Waals surface area contributed by atoms with Gasteiger partial charge in [0, 0.05) is 19.6 Å². The van der Waals surface area contributed by atoms with Gasteiger partial charge in [0.15, 0.2) is 11.5 Å². The van der Waals surface area contributed by atoms with Crippen molar-refractivity contribution in [1.29, 1.82) is 0 Å². The third-order valence-electron chi connectivity index (χ3n) is 3.77. The maximum absolute atomic E-state index is 10.3. The molecule has 1 N–H and O–H groups in total. The second kappa shape index (κ2) is 8.38. The van der Waals surface area contributed by atoms with Crippen molar-refractivity contribution in [3.8, 4) is 17.2 Å². The first kappa shape index (κ1) is 17.8. The predicted octanol–water partition coefficient (Wildman–Crippen LogP) is 1.55. The second-order valence-electron chi connectivity index (χ2n) is 5.93. The van der Waals surface area contributed by atoms with Crippen molar-refractivity contribution < 1.29 is 24.1 Å². The molecule has 0 amide bonds. The SMILES string of the molecule is COc1cccc(OC)c1OC[C@@H](O)CN1C[C@@H](C)O[C@@H](C)C1. The molecular formula is C17H27NO5. The van der Waals surface area contributed by atoms with Crippen LogP contribution >= 0.6 is 0 Å². The summed E-state index contributed by atoms with van der Waals surface area (Å²) in [5.74, 6) is 1.69. The molecule has 1 aliphatic heterocycles. The van der Waals surface area contributed by atoms with E-state index in [9.17, 15) is 5.11 Å². The Morgan fingerprint density at radius 2 is 1.74 bits per heavy atom. The van der Waals surface area contributed by atoms with Gasteiger partial charge in [0.25, 0.3) is 0 Å². The lowest BCUT2D eigenvalue weighted by atomic mass is 10.2. The Morgan fingerprint density at radius 3 is 2.26 bits per heavy atom. The van der Waals surface area contributed by atoms with Crippen molar-refractivity contribution in [2.45, 2.75) is 32.2 Å². The van der Waals surface area contributed by atoms with Crippen molar-refractivity contribution >= 4 is 0 Å². The summed E-state index contributed by atoms with van der Waals surface area (Å²) in [4.78, 5) is 2.20. The van der Waals surface area contributed by atoms with Gasteiger partial charge in [-0.05, 0) is 26.0 Å². The van der Waals surface area contributed by atoms with Crippen LogP contribution < -0.4 is 14.2 Å².